The molecule has 22 heavy (non-hydrogen) atoms. The summed E-state index contributed by atoms with van der Waals surface area (Å²) >= 11 is 2.05. The molecule has 0 saturated carbocycles. The molecule has 1 aromatic rings. The van der Waals surface area contributed by atoms with Gasteiger partial charge in [0.25, 0.3) is 0 Å². The smallest absolute Gasteiger partial charge is 0.407 e. The number of amides is 1. The molecule has 0 spiro atoms. The Bertz CT molecular complexity index is 476. The lowest BCUT2D eigenvalue weighted by Crippen LogP contribution is -2.33. The SMILES string of the molecule is CC(C)(C)OC(=O)NCCc1cncn1CC1CCSCC1. The second-order valence-electron chi connectivity index (χ2n) is 6.77. The van der Waals surface area contributed by atoms with Gasteiger partial charge in [0.2, 0.25) is 0 Å². The van der Waals surface area contributed by atoms with Crippen LogP contribution in [0, 0.1) is 5.92 Å². The number of aromatic nitrogens is 2. The molecule has 0 radical (unpaired) electrons. The Hall–Kier alpha value is -1.17. The van der Waals surface area contributed by atoms with Gasteiger partial charge in [-0.15, -0.1) is 0 Å². The third-order valence-electron chi connectivity index (χ3n) is 3.64. The first kappa shape index (κ1) is 17.2. The highest BCUT2D eigenvalue weighted by Crippen LogP contribution is 2.24. The van der Waals surface area contributed by atoms with Crippen molar-refractivity contribution >= 4 is 17.9 Å². The van der Waals surface area contributed by atoms with E-state index >= 15 is 0 Å². The summed E-state index contributed by atoms with van der Waals surface area (Å²) in [6.07, 6.45) is 6.80. The summed E-state index contributed by atoms with van der Waals surface area (Å²) in [6, 6.07) is 0. The molecule has 6 heteroatoms. The van der Waals surface area contributed by atoms with E-state index in [-0.39, 0.29) is 6.09 Å². The maximum Gasteiger partial charge on any atom is 0.407 e. The van der Waals surface area contributed by atoms with Gasteiger partial charge in [0.05, 0.1) is 6.33 Å². The van der Waals surface area contributed by atoms with Gasteiger partial charge in [-0.1, -0.05) is 0 Å². The average Bonchev–Trinajstić information content (AvgIpc) is 2.85. The number of nitrogens with one attached hydrogen (secondary N) is 1. The van der Waals surface area contributed by atoms with E-state index in [9.17, 15) is 4.79 Å². The number of nitrogens with zero attached hydrogens (tertiary/aromatic N) is 2. The predicted molar refractivity (Wildman–Crippen MR) is 90.2 cm³/mol. The van der Waals surface area contributed by atoms with Crippen LogP contribution in [0.3, 0.4) is 0 Å². The van der Waals surface area contributed by atoms with Crippen molar-refractivity contribution in [2.24, 2.45) is 5.92 Å². The number of alkyl carbamates (subject to hydrolysis) is 1. The number of carbonyl (C=O) groups is 1. The Balaban J connectivity index is 1.76. The van der Waals surface area contributed by atoms with Crippen molar-refractivity contribution in [3.8, 4) is 0 Å². The molecule has 1 N–H and O–H groups in total. The fraction of sp³-hybridized carbons (Fsp3) is 0.750. The van der Waals surface area contributed by atoms with Crippen LogP contribution in [0.1, 0.15) is 39.3 Å². The minimum absolute atomic E-state index is 0.358. The van der Waals surface area contributed by atoms with Crippen molar-refractivity contribution in [3.05, 3.63) is 18.2 Å². The molecule has 5 nitrogen and oxygen atoms in total. The summed E-state index contributed by atoms with van der Waals surface area (Å²) in [4.78, 5) is 15.9. The summed E-state index contributed by atoms with van der Waals surface area (Å²) in [5, 5.41) is 2.80. The summed E-state index contributed by atoms with van der Waals surface area (Å²) in [7, 11) is 0. The Morgan fingerprint density at radius 1 is 1.45 bits per heavy atom. The summed E-state index contributed by atoms with van der Waals surface area (Å²) in [5.74, 6) is 3.30. The highest BCUT2D eigenvalue weighted by atomic mass is 32.2. The van der Waals surface area contributed by atoms with Crippen molar-refractivity contribution in [3.63, 3.8) is 0 Å². The minimum atomic E-state index is -0.454. The summed E-state index contributed by atoms with van der Waals surface area (Å²) < 4.78 is 7.47. The Morgan fingerprint density at radius 2 is 2.18 bits per heavy atom. The fourth-order valence-electron chi connectivity index (χ4n) is 2.53. The number of ether oxygens (including phenoxy) is 1. The summed E-state index contributed by atoms with van der Waals surface area (Å²) in [5.41, 5.74) is 0.722. The molecule has 0 bridgehead atoms. The van der Waals surface area contributed by atoms with Gasteiger partial charge >= 0.3 is 6.09 Å². The Morgan fingerprint density at radius 3 is 2.86 bits per heavy atom. The van der Waals surface area contributed by atoms with Crippen LogP contribution >= 0.6 is 11.8 Å². The van der Waals surface area contributed by atoms with E-state index in [1.165, 1.54) is 30.0 Å². The van der Waals surface area contributed by atoms with Crippen molar-refractivity contribution in [1.29, 1.82) is 0 Å². The van der Waals surface area contributed by atoms with Gasteiger partial charge in [-0.25, -0.2) is 9.78 Å². The molecule has 0 aromatic carbocycles. The van der Waals surface area contributed by atoms with Gasteiger partial charge in [-0.2, -0.15) is 11.8 Å². The van der Waals surface area contributed by atoms with E-state index in [2.05, 4.69) is 26.6 Å². The highest BCUT2D eigenvalue weighted by Gasteiger charge is 2.17. The first-order chi connectivity index (χ1) is 10.4. The second kappa shape index (κ2) is 7.90. The monoisotopic (exact) mass is 325 g/mol. The average molecular weight is 325 g/mol. The van der Waals surface area contributed by atoms with Gasteiger partial charge in [-0.05, 0) is 51.0 Å². The van der Waals surface area contributed by atoms with E-state index in [4.69, 9.17) is 4.74 Å². The van der Waals surface area contributed by atoms with E-state index in [0.29, 0.717) is 6.54 Å². The molecule has 0 atom stereocenters. The Labute approximate surface area is 137 Å². The third-order valence-corrected chi connectivity index (χ3v) is 4.69. The van der Waals surface area contributed by atoms with Crippen molar-refractivity contribution in [2.75, 3.05) is 18.1 Å². The summed E-state index contributed by atoms with van der Waals surface area (Å²) in [6.45, 7) is 7.21. The normalized spacial score (nSPS) is 16.5. The van der Waals surface area contributed by atoms with Gasteiger partial charge in [0.15, 0.2) is 0 Å². The number of thioether (sulfide) groups is 1. The molecule has 0 unspecified atom stereocenters. The van der Waals surface area contributed by atoms with E-state index < -0.39 is 5.60 Å². The molecular weight excluding hydrogens is 298 g/mol. The molecule has 2 heterocycles. The molecule has 1 amide bonds. The highest BCUT2D eigenvalue weighted by molar-refractivity contribution is 7.99. The number of imidazole rings is 1. The van der Waals surface area contributed by atoms with Crippen LogP contribution in [-0.2, 0) is 17.7 Å². The van der Waals surface area contributed by atoms with Gasteiger partial charge in [0, 0.05) is 31.4 Å². The zero-order chi connectivity index (χ0) is 16.0. The molecule has 1 aliphatic heterocycles. The van der Waals surface area contributed by atoms with Crippen LogP contribution in [0.25, 0.3) is 0 Å². The van der Waals surface area contributed by atoms with E-state index in [0.717, 1.165) is 18.9 Å². The maximum absolute atomic E-state index is 11.6. The lowest BCUT2D eigenvalue weighted by molar-refractivity contribution is 0.0528. The lowest BCUT2D eigenvalue weighted by Gasteiger charge is -2.22. The van der Waals surface area contributed by atoms with Gasteiger partial charge in [-0.3, -0.25) is 0 Å². The molecule has 2 rings (SSSR count). The lowest BCUT2D eigenvalue weighted by atomic mass is 10.0. The largest absolute Gasteiger partial charge is 0.444 e. The molecule has 124 valence electrons. The molecule has 0 aliphatic carbocycles. The molecule has 1 aliphatic rings. The quantitative estimate of drug-likeness (QED) is 0.904. The standard InChI is InChI=1S/C16H27N3O2S/c1-16(2,3)21-15(20)18-7-4-14-10-17-12-19(14)11-13-5-8-22-9-6-13/h10,12-13H,4-9,11H2,1-3H3,(H,18,20). The second-order valence-corrected chi connectivity index (χ2v) is 8.00. The first-order valence-corrected chi connectivity index (χ1v) is 9.13. The van der Waals surface area contributed by atoms with Crippen LogP contribution in [-0.4, -0.2) is 39.3 Å². The van der Waals surface area contributed by atoms with Crippen LogP contribution in [0.15, 0.2) is 12.5 Å². The molecular formula is C16H27N3O2S. The maximum atomic E-state index is 11.6. The van der Waals surface area contributed by atoms with Crippen LogP contribution in [0.5, 0.6) is 0 Å². The number of rotatable bonds is 5. The number of hydrogen-bond acceptors (Lipinski definition) is 4. The fourth-order valence-corrected chi connectivity index (χ4v) is 3.74. The molecule has 1 fully saturated rings. The van der Waals surface area contributed by atoms with Crippen molar-refractivity contribution < 1.29 is 9.53 Å². The van der Waals surface area contributed by atoms with Crippen LogP contribution in [0.2, 0.25) is 0 Å². The zero-order valence-corrected chi connectivity index (χ0v) is 14.6. The topological polar surface area (TPSA) is 56.1 Å². The molecule has 1 aromatic heterocycles. The van der Waals surface area contributed by atoms with Crippen molar-refractivity contribution in [1.82, 2.24) is 14.9 Å². The predicted octanol–water partition coefficient (Wildman–Crippen LogP) is 3.09. The van der Waals surface area contributed by atoms with Gasteiger partial charge in [0.1, 0.15) is 5.60 Å². The molecule has 1 saturated heterocycles. The van der Waals surface area contributed by atoms with Crippen molar-refractivity contribution in [2.45, 2.75) is 52.2 Å². The minimum Gasteiger partial charge on any atom is -0.444 e. The van der Waals surface area contributed by atoms with Crippen LogP contribution in [0.4, 0.5) is 4.79 Å². The number of hydrogen-bond donors (Lipinski definition) is 1. The van der Waals surface area contributed by atoms with Gasteiger partial charge < -0.3 is 14.6 Å². The van der Waals surface area contributed by atoms with E-state index in [1.54, 1.807) is 0 Å². The number of carbonyl (C=O) groups excluding carboxylic acids is 1. The zero-order valence-electron chi connectivity index (χ0n) is 13.8. The van der Waals surface area contributed by atoms with E-state index in [1.807, 2.05) is 33.3 Å². The third kappa shape index (κ3) is 5.91. The Kier molecular flexibility index (Phi) is 6.17. The first-order valence-electron chi connectivity index (χ1n) is 7.97. The van der Waals surface area contributed by atoms with Crippen LogP contribution < -0.4 is 5.32 Å².